The molecular formula is C9H21NOSi. The maximum Gasteiger partial charge on any atom is 0.211 e. The molecule has 0 aliphatic heterocycles. The standard InChI is InChI=1S/C9H21NOSi/c1-6-7-8-12(4,5)10(3)9(2)11/h6-8H2,1-5H3. The average molecular weight is 187 g/mol. The molecule has 0 aliphatic carbocycles. The second-order valence-electron chi connectivity index (χ2n) is 3.99. The summed E-state index contributed by atoms with van der Waals surface area (Å²) in [6, 6.07) is 1.22. The summed E-state index contributed by atoms with van der Waals surface area (Å²) in [7, 11) is 0.528. The van der Waals surface area contributed by atoms with Gasteiger partial charge in [-0.25, -0.2) is 0 Å². The minimum absolute atomic E-state index is 0.211. The molecule has 3 heteroatoms. The zero-order chi connectivity index (χ0) is 9.78. The Kier molecular flexibility index (Phi) is 4.53. The van der Waals surface area contributed by atoms with Crippen molar-refractivity contribution >= 4 is 14.1 Å². The number of hydrogen-bond acceptors (Lipinski definition) is 1. The van der Waals surface area contributed by atoms with Gasteiger partial charge >= 0.3 is 0 Å². The highest BCUT2D eigenvalue weighted by molar-refractivity contribution is 6.76. The number of carbonyl (C=O) groups excluding carboxylic acids is 1. The molecule has 0 atom stereocenters. The summed E-state index contributed by atoms with van der Waals surface area (Å²) >= 11 is 0. The van der Waals surface area contributed by atoms with Crippen LogP contribution in [0.25, 0.3) is 0 Å². The van der Waals surface area contributed by atoms with Crippen molar-refractivity contribution in [2.75, 3.05) is 7.05 Å². The molecule has 0 fully saturated rings. The van der Waals surface area contributed by atoms with Crippen LogP contribution in [0.15, 0.2) is 0 Å². The highest BCUT2D eigenvalue weighted by atomic mass is 28.3. The molecule has 0 heterocycles. The van der Waals surface area contributed by atoms with Gasteiger partial charge in [-0.05, 0) is 6.04 Å². The summed E-state index contributed by atoms with van der Waals surface area (Å²) < 4.78 is 1.96. The van der Waals surface area contributed by atoms with Gasteiger partial charge in [0.2, 0.25) is 5.91 Å². The Morgan fingerprint density at radius 2 is 1.92 bits per heavy atom. The summed E-state index contributed by atoms with van der Waals surface area (Å²) in [5.41, 5.74) is 0. The van der Waals surface area contributed by atoms with Crippen LogP contribution in [0.2, 0.25) is 19.1 Å². The van der Waals surface area contributed by atoms with Crippen molar-refractivity contribution in [3.63, 3.8) is 0 Å². The van der Waals surface area contributed by atoms with Crippen LogP contribution in [-0.4, -0.2) is 25.8 Å². The van der Waals surface area contributed by atoms with E-state index in [0.717, 1.165) is 0 Å². The molecule has 2 nitrogen and oxygen atoms in total. The van der Waals surface area contributed by atoms with Crippen LogP contribution in [0.3, 0.4) is 0 Å². The number of amides is 1. The zero-order valence-electron chi connectivity index (χ0n) is 8.98. The highest BCUT2D eigenvalue weighted by Crippen LogP contribution is 2.16. The van der Waals surface area contributed by atoms with Crippen LogP contribution in [0.5, 0.6) is 0 Å². The maximum absolute atomic E-state index is 11.1. The second kappa shape index (κ2) is 4.65. The topological polar surface area (TPSA) is 20.3 Å². The Balaban J connectivity index is 4.08. The van der Waals surface area contributed by atoms with E-state index in [-0.39, 0.29) is 5.91 Å². The molecule has 0 saturated carbocycles. The number of hydrogen-bond donors (Lipinski definition) is 0. The first-order chi connectivity index (χ1) is 5.41. The van der Waals surface area contributed by atoms with Crippen molar-refractivity contribution < 1.29 is 4.79 Å². The van der Waals surface area contributed by atoms with E-state index in [4.69, 9.17) is 0 Å². The van der Waals surface area contributed by atoms with Crippen LogP contribution in [0, 0.1) is 0 Å². The van der Waals surface area contributed by atoms with Gasteiger partial charge < -0.3 is 4.57 Å². The molecular weight excluding hydrogens is 166 g/mol. The van der Waals surface area contributed by atoms with Crippen LogP contribution < -0.4 is 0 Å². The molecule has 0 aromatic carbocycles. The Morgan fingerprint density at radius 3 is 2.25 bits per heavy atom. The van der Waals surface area contributed by atoms with E-state index in [1.54, 1.807) is 6.92 Å². The molecule has 0 aromatic rings. The van der Waals surface area contributed by atoms with E-state index in [2.05, 4.69) is 20.0 Å². The Bertz CT molecular complexity index is 157. The largest absolute Gasteiger partial charge is 0.373 e. The van der Waals surface area contributed by atoms with E-state index in [9.17, 15) is 4.79 Å². The summed E-state index contributed by atoms with van der Waals surface area (Å²) in [5.74, 6) is 0.211. The quantitative estimate of drug-likeness (QED) is 0.619. The summed E-state index contributed by atoms with van der Waals surface area (Å²) in [4.78, 5) is 11.1. The molecule has 0 bridgehead atoms. The lowest BCUT2D eigenvalue weighted by atomic mass is 10.4. The monoisotopic (exact) mass is 187 g/mol. The molecule has 0 N–H and O–H groups in total. The molecule has 0 aromatic heterocycles. The average Bonchev–Trinajstić information content (AvgIpc) is 1.99. The first kappa shape index (κ1) is 11.7. The second-order valence-corrected chi connectivity index (χ2v) is 8.79. The van der Waals surface area contributed by atoms with E-state index in [1.807, 2.05) is 11.6 Å². The van der Waals surface area contributed by atoms with Crippen molar-refractivity contribution in [1.82, 2.24) is 4.57 Å². The lowest BCUT2D eigenvalue weighted by Crippen LogP contribution is -2.48. The Morgan fingerprint density at radius 1 is 1.42 bits per heavy atom. The van der Waals surface area contributed by atoms with Crippen molar-refractivity contribution in [3.05, 3.63) is 0 Å². The maximum atomic E-state index is 11.1. The molecule has 12 heavy (non-hydrogen) atoms. The van der Waals surface area contributed by atoms with Crippen molar-refractivity contribution in [2.45, 2.75) is 45.8 Å². The predicted molar refractivity (Wildman–Crippen MR) is 55.6 cm³/mol. The van der Waals surface area contributed by atoms with Crippen LogP contribution >= 0.6 is 0 Å². The van der Waals surface area contributed by atoms with Crippen LogP contribution in [-0.2, 0) is 4.79 Å². The molecule has 0 radical (unpaired) electrons. The minimum atomic E-state index is -1.41. The molecule has 0 saturated heterocycles. The van der Waals surface area contributed by atoms with Crippen LogP contribution in [0.4, 0.5) is 0 Å². The van der Waals surface area contributed by atoms with Crippen molar-refractivity contribution in [1.29, 1.82) is 0 Å². The smallest absolute Gasteiger partial charge is 0.211 e. The minimum Gasteiger partial charge on any atom is -0.373 e. The first-order valence-corrected chi connectivity index (χ1v) is 7.81. The number of carbonyl (C=O) groups is 1. The van der Waals surface area contributed by atoms with E-state index in [1.165, 1.54) is 18.9 Å². The van der Waals surface area contributed by atoms with Gasteiger partial charge in [0.15, 0.2) is 8.24 Å². The van der Waals surface area contributed by atoms with Gasteiger partial charge in [0.05, 0.1) is 0 Å². The molecule has 1 amide bonds. The van der Waals surface area contributed by atoms with E-state index in [0.29, 0.717) is 0 Å². The predicted octanol–water partition coefficient (Wildman–Crippen LogP) is 2.47. The lowest BCUT2D eigenvalue weighted by Gasteiger charge is -2.32. The Hall–Kier alpha value is -0.313. The van der Waals surface area contributed by atoms with Crippen molar-refractivity contribution in [3.8, 4) is 0 Å². The fraction of sp³-hybridized carbons (Fsp3) is 0.889. The summed E-state index contributed by atoms with van der Waals surface area (Å²) in [6.07, 6.45) is 2.47. The molecule has 0 unspecified atom stereocenters. The first-order valence-electron chi connectivity index (χ1n) is 4.66. The molecule has 0 rings (SSSR count). The number of unbranched alkanes of at least 4 members (excludes halogenated alkanes) is 1. The third-order valence-electron chi connectivity index (χ3n) is 2.52. The van der Waals surface area contributed by atoms with Gasteiger partial charge in [0.1, 0.15) is 0 Å². The lowest BCUT2D eigenvalue weighted by molar-refractivity contribution is -0.124. The van der Waals surface area contributed by atoms with Crippen molar-refractivity contribution in [2.24, 2.45) is 0 Å². The van der Waals surface area contributed by atoms with E-state index < -0.39 is 8.24 Å². The summed E-state index contributed by atoms with van der Waals surface area (Å²) in [6.45, 7) is 8.35. The zero-order valence-corrected chi connectivity index (χ0v) is 9.98. The normalized spacial score (nSPS) is 11.4. The fourth-order valence-corrected chi connectivity index (χ4v) is 3.61. The Labute approximate surface area is 77.0 Å². The third kappa shape index (κ3) is 3.39. The van der Waals surface area contributed by atoms with Gasteiger partial charge in [-0.2, -0.15) is 0 Å². The summed E-state index contributed by atoms with van der Waals surface area (Å²) in [5, 5.41) is 0. The van der Waals surface area contributed by atoms with Gasteiger partial charge in [-0.1, -0.05) is 32.9 Å². The van der Waals surface area contributed by atoms with Gasteiger partial charge in [0.25, 0.3) is 0 Å². The highest BCUT2D eigenvalue weighted by Gasteiger charge is 2.27. The van der Waals surface area contributed by atoms with Gasteiger partial charge in [-0.3, -0.25) is 4.79 Å². The number of nitrogens with zero attached hydrogens (tertiary/aromatic N) is 1. The SMILES string of the molecule is CCCC[Si](C)(C)N(C)C(C)=O. The van der Waals surface area contributed by atoms with Crippen LogP contribution in [0.1, 0.15) is 26.7 Å². The van der Waals surface area contributed by atoms with Gasteiger partial charge in [0, 0.05) is 14.0 Å². The van der Waals surface area contributed by atoms with Gasteiger partial charge in [-0.15, -0.1) is 0 Å². The third-order valence-corrected chi connectivity index (χ3v) is 6.23. The molecule has 0 spiro atoms. The molecule has 0 aliphatic rings. The fourth-order valence-electron chi connectivity index (χ4n) is 1.20. The molecule has 72 valence electrons. The van der Waals surface area contributed by atoms with E-state index >= 15 is 0 Å². The number of rotatable bonds is 4.